The molecule has 1 fully saturated rings. The van der Waals surface area contributed by atoms with Crippen LogP contribution in [0.5, 0.6) is 0 Å². The number of aromatic amines is 1. The number of nitro groups is 1. The summed E-state index contributed by atoms with van der Waals surface area (Å²) in [5.74, 6) is 0.940. The first kappa shape index (κ1) is 15.4. The number of hydrogen-bond donors (Lipinski definition) is 1. The third-order valence-corrected chi connectivity index (χ3v) is 4.30. The number of nitro benzene ring substituents is 1. The Morgan fingerprint density at radius 3 is 2.70 bits per heavy atom. The van der Waals surface area contributed by atoms with Gasteiger partial charge < -0.3 is 4.90 Å². The van der Waals surface area contributed by atoms with Crippen molar-refractivity contribution in [1.82, 2.24) is 20.1 Å². The van der Waals surface area contributed by atoms with Crippen molar-refractivity contribution < 1.29 is 9.72 Å². The number of rotatable bonds is 3. The van der Waals surface area contributed by atoms with Gasteiger partial charge in [0.15, 0.2) is 0 Å². The van der Waals surface area contributed by atoms with E-state index in [0.29, 0.717) is 18.7 Å². The van der Waals surface area contributed by atoms with E-state index < -0.39 is 4.92 Å². The van der Waals surface area contributed by atoms with Gasteiger partial charge in [0.1, 0.15) is 17.2 Å². The van der Waals surface area contributed by atoms with Crippen molar-refractivity contribution in [3.8, 4) is 0 Å². The highest BCUT2D eigenvalue weighted by Gasteiger charge is 2.26. The molecular formula is C14H14ClN5O3. The van der Waals surface area contributed by atoms with Crippen LogP contribution in [0, 0.1) is 10.1 Å². The summed E-state index contributed by atoms with van der Waals surface area (Å²) >= 11 is 5.87. The topological polar surface area (TPSA) is 105 Å². The number of aromatic nitrogens is 3. The van der Waals surface area contributed by atoms with Gasteiger partial charge in [-0.05, 0) is 25.0 Å². The number of carbonyl (C=O) groups is 1. The van der Waals surface area contributed by atoms with Gasteiger partial charge in [-0.2, -0.15) is 5.10 Å². The van der Waals surface area contributed by atoms with Crippen molar-refractivity contribution in [2.75, 3.05) is 13.1 Å². The third-order valence-electron chi connectivity index (χ3n) is 3.99. The van der Waals surface area contributed by atoms with Crippen LogP contribution >= 0.6 is 11.6 Å². The summed E-state index contributed by atoms with van der Waals surface area (Å²) in [5, 5.41) is 17.4. The minimum absolute atomic E-state index is 0.0302. The minimum Gasteiger partial charge on any atom is -0.339 e. The molecule has 0 aliphatic carbocycles. The number of H-pyrrole nitrogens is 1. The Morgan fingerprint density at radius 2 is 2.13 bits per heavy atom. The minimum atomic E-state index is -0.570. The van der Waals surface area contributed by atoms with E-state index in [1.807, 2.05) is 0 Å². The Kier molecular flexibility index (Phi) is 4.24. The Bertz CT molecular complexity index is 726. The average molecular weight is 336 g/mol. The molecule has 23 heavy (non-hydrogen) atoms. The molecule has 0 atom stereocenters. The quantitative estimate of drug-likeness (QED) is 0.684. The number of hydrogen-bond acceptors (Lipinski definition) is 5. The van der Waals surface area contributed by atoms with Gasteiger partial charge in [0.2, 0.25) is 0 Å². The van der Waals surface area contributed by atoms with Gasteiger partial charge in [-0.25, -0.2) is 4.98 Å². The molecule has 1 aliphatic heterocycles. The Labute approximate surface area is 136 Å². The van der Waals surface area contributed by atoms with Crippen molar-refractivity contribution >= 4 is 23.2 Å². The predicted molar refractivity (Wildman–Crippen MR) is 82.4 cm³/mol. The second-order valence-corrected chi connectivity index (χ2v) is 5.77. The van der Waals surface area contributed by atoms with E-state index in [0.717, 1.165) is 18.7 Å². The number of halogens is 1. The molecule has 1 N–H and O–H groups in total. The maximum Gasteiger partial charge on any atom is 0.287 e. The molecule has 1 aliphatic rings. The van der Waals surface area contributed by atoms with Gasteiger partial charge in [-0.15, -0.1) is 0 Å². The molecule has 0 saturated carbocycles. The molecule has 1 amide bonds. The average Bonchev–Trinajstić information content (AvgIpc) is 3.08. The van der Waals surface area contributed by atoms with Gasteiger partial charge >= 0.3 is 0 Å². The number of nitrogens with zero attached hydrogens (tertiary/aromatic N) is 4. The third kappa shape index (κ3) is 3.16. The fraction of sp³-hybridized carbons (Fsp3) is 0.357. The lowest BCUT2D eigenvalue weighted by Gasteiger charge is -2.31. The molecule has 1 saturated heterocycles. The van der Waals surface area contributed by atoms with Crippen molar-refractivity contribution in [1.29, 1.82) is 0 Å². The molecular weight excluding hydrogens is 322 g/mol. The molecule has 9 heteroatoms. The van der Waals surface area contributed by atoms with Gasteiger partial charge in [-0.1, -0.05) is 11.6 Å². The van der Waals surface area contributed by atoms with E-state index in [9.17, 15) is 14.9 Å². The van der Waals surface area contributed by atoms with Gasteiger partial charge in [0, 0.05) is 30.6 Å². The largest absolute Gasteiger partial charge is 0.339 e. The van der Waals surface area contributed by atoms with Crippen molar-refractivity contribution in [3.05, 3.63) is 51.1 Å². The maximum atomic E-state index is 12.5. The number of nitrogens with one attached hydrogen (secondary N) is 1. The number of piperidine rings is 1. The molecule has 120 valence electrons. The zero-order chi connectivity index (χ0) is 16.4. The lowest BCUT2D eigenvalue weighted by molar-refractivity contribution is -0.384. The first-order valence-corrected chi connectivity index (χ1v) is 7.52. The second-order valence-electron chi connectivity index (χ2n) is 5.36. The number of amides is 1. The first-order valence-electron chi connectivity index (χ1n) is 7.14. The highest BCUT2D eigenvalue weighted by Crippen LogP contribution is 2.28. The summed E-state index contributed by atoms with van der Waals surface area (Å²) in [6.07, 6.45) is 3.06. The molecule has 3 rings (SSSR count). The zero-order valence-electron chi connectivity index (χ0n) is 12.1. The summed E-state index contributed by atoms with van der Waals surface area (Å²) < 4.78 is 0. The van der Waals surface area contributed by atoms with Crippen LogP contribution < -0.4 is 0 Å². The number of likely N-dealkylation sites (tertiary alicyclic amines) is 1. The fourth-order valence-corrected chi connectivity index (χ4v) is 2.99. The highest BCUT2D eigenvalue weighted by molar-refractivity contribution is 6.33. The van der Waals surface area contributed by atoms with Crippen LogP contribution in [0.25, 0.3) is 0 Å². The van der Waals surface area contributed by atoms with E-state index >= 15 is 0 Å². The summed E-state index contributed by atoms with van der Waals surface area (Å²) in [5.41, 5.74) is 0.158. The van der Waals surface area contributed by atoms with Gasteiger partial charge in [-0.3, -0.25) is 20.0 Å². The zero-order valence-corrected chi connectivity index (χ0v) is 12.9. The van der Waals surface area contributed by atoms with Crippen molar-refractivity contribution in [2.24, 2.45) is 0 Å². The highest BCUT2D eigenvalue weighted by atomic mass is 35.5. The normalized spacial score (nSPS) is 15.6. The molecule has 2 aromatic rings. The van der Waals surface area contributed by atoms with E-state index in [1.165, 1.54) is 24.5 Å². The second kappa shape index (κ2) is 6.33. The SMILES string of the molecule is O=C(c1ccc([N+](=O)[O-])c(Cl)c1)N1CCC(c2ncn[nH]2)CC1. The Hall–Kier alpha value is -2.48. The number of carbonyl (C=O) groups excluding carboxylic acids is 1. The number of benzene rings is 1. The molecule has 8 nitrogen and oxygen atoms in total. The first-order chi connectivity index (χ1) is 11.1. The van der Waals surface area contributed by atoms with Gasteiger partial charge in [0.25, 0.3) is 11.6 Å². The summed E-state index contributed by atoms with van der Waals surface area (Å²) in [6.45, 7) is 1.19. The van der Waals surface area contributed by atoms with Crippen molar-refractivity contribution in [2.45, 2.75) is 18.8 Å². The van der Waals surface area contributed by atoms with Crippen LogP contribution in [-0.4, -0.2) is 44.0 Å². The van der Waals surface area contributed by atoms with Crippen molar-refractivity contribution in [3.63, 3.8) is 0 Å². The molecule has 0 bridgehead atoms. The summed E-state index contributed by atoms with van der Waals surface area (Å²) in [4.78, 5) is 28.6. The van der Waals surface area contributed by atoms with Crippen LogP contribution in [0.2, 0.25) is 5.02 Å². The molecule has 1 aromatic carbocycles. The van der Waals surface area contributed by atoms with Crippen LogP contribution in [0.3, 0.4) is 0 Å². The molecule has 0 radical (unpaired) electrons. The predicted octanol–water partition coefficient (Wildman–Crippen LogP) is 2.39. The maximum absolute atomic E-state index is 12.5. The monoisotopic (exact) mass is 335 g/mol. The van der Waals surface area contributed by atoms with Gasteiger partial charge in [0.05, 0.1) is 4.92 Å². The van der Waals surface area contributed by atoms with E-state index in [2.05, 4.69) is 15.2 Å². The Morgan fingerprint density at radius 1 is 1.39 bits per heavy atom. The lowest BCUT2D eigenvalue weighted by Crippen LogP contribution is -2.38. The Balaban J connectivity index is 1.68. The van der Waals surface area contributed by atoms with E-state index in [1.54, 1.807) is 4.90 Å². The van der Waals surface area contributed by atoms with Crippen LogP contribution in [0.15, 0.2) is 24.5 Å². The summed E-state index contributed by atoms with van der Waals surface area (Å²) in [7, 11) is 0. The van der Waals surface area contributed by atoms with Crippen LogP contribution in [-0.2, 0) is 0 Å². The lowest BCUT2D eigenvalue weighted by atomic mass is 9.95. The van der Waals surface area contributed by atoms with Crippen LogP contribution in [0.4, 0.5) is 5.69 Å². The van der Waals surface area contributed by atoms with E-state index in [-0.39, 0.29) is 22.5 Å². The standard InChI is InChI=1S/C14H14ClN5O3/c15-11-7-10(1-2-12(11)20(22)23)14(21)19-5-3-9(4-6-19)13-16-8-17-18-13/h1-2,7-9H,3-6H2,(H,16,17,18). The fourth-order valence-electron chi connectivity index (χ4n) is 2.74. The summed E-state index contributed by atoms with van der Waals surface area (Å²) in [6, 6.07) is 4.05. The smallest absolute Gasteiger partial charge is 0.287 e. The molecule has 0 spiro atoms. The molecule has 2 heterocycles. The molecule has 0 unspecified atom stereocenters. The van der Waals surface area contributed by atoms with Crippen LogP contribution in [0.1, 0.15) is 34.9 Å². The van der Waals surface area contributed by atoms with E-state index in [4.69, 9.17) is 11.6 Å². The molecule has 1 aromatic heterocycles.